The van der Waals surface area contributed by atoms with E-state index in [0.29, 0.717) is 29.4 Å². The van der Waals surface area contributed by atoms with Crippen molar-refractivity contribution in [3.63, 3.8) is 0 Å². The SMILES string of the molecule is CCCCCCCCCCCCNC(=O)O[C@H]1CCC2C3C(CC[C@@]21C)c1ccc(O)cc1C[C@H]3CC. The van der Waals surface area contributed by atoms with Gasteiger partial charge in [-0.1, -0.05) is 91.0 Å². The number of unbranched alkanes of at least 4 members (excludes halogenated alkanes) is 9. The van der Waals surface area contributed by atoms with Crippen LogP contribution in [0, 0.1) is 23.2 Å². The van der Waals surface area contributed by atoms with E-state index < -0.39 is 0 Å². The van der Waals surface area contributed by atoms with Crippen LogP contribution < -0.4 is 5.32 Å². The highest BCUT2D eigenvalue weighted by molar-refractivity contribution is 5.67. The van der Waals surface area contributed by atoms with Crippen LogP contribution in [0.15, 0.2) is 18.2 Å². The quantitative estimate of drug-likeness (QED) is 0.260. The molecular formula is C33H53NO3. The number of ether oxygens (including phenoxy) is 1. The molecule has 1 aromatic carbocycles. The van der Waals surface area contributed by atoms with E-state index in [1.165, 1.54) is 75.3 Å². The maximum atomic E-state index is 12.7. The van der Waals surface area contributed by atoms with Crippen molar-refractivity contribution in [3.05, 3.63) is 29.3 Å². The van der Waals surface area contributed by atoms with Gasteiger partial charge in [-0.05, 0) is 85.5 Å². The van der Waals surface area contributed by atoms with Crippen molar-refractivity contribution in [2.45, 2.75) is 136 Å². The molecule has 1 aromatic rings. The van der Waals surface area contributed by atoms with Gasteiger partial charge < -0.3 is 15.2 Å². The van der Waals surface area contributed by atoms with Gasteiger partial charge in [-0.25, -0.2) is 4.79 Å². The zero-order valence-corrected chi connectivity index (χ0v) is 23.9. The molecule has 0 radical (unpaired) electrons. The third-order valence-corrected chi connectivity index (χ3v) is 10.4. The molecule has 4 nitrogen and oxygen atoms in total. The van der Waals surface area contributed by atoms with Crippen LogP contribution in [-0.2, 0) is 11.2 Å². The van der Waals surface area contributed by atoms with Crippen molar-refractivity contribution in [2.75, 3.05) is 6.54 Å². The largest absolute Gasteiger partial charge is 0.508 e. The molecule has 0 heterocycles. The maximum Gasteiger partial charge on any atom is 0.407 e. The van der Waals surface area contributed by atoms with E-state index in [4.69, 9.17) is 4.74 Å². The lowest BCUT2D eigenvalue weighted by Crippen LogP contribution is -2.48. The number of phenols is 1. The van der Waals surface area contributed by atoms with Crippen LogP contribution in [0.25, 0.3) is 0 Å². The topological polar surface area (TPSA) is 58.6 Å². The fourth-order valence-electron chi connectivity index (χ4n) is 8.30. The molecule has 3 unspecified atom stereocenters. The third-order valence-electron chi connectivity index (χ3n) is 10.4. The van der Waals surface area contributed by atoms with Crippen molar-refractivity contribution in [1.29, 1.82) is 0 Å². The number of fused-ring (bicyclic) bond motifs is 5. The van der Waals surface area contributed by atoms with Crippen LogP contribution in [0.3, 0.4) is 0 Å². The molecule has 3 aliphatic rings. The van der Waals surface area contributed by atoms with Crippen molar-refractivity contribution >= 4 is 6.09 Å². The molecule has 37 heavy (non-hydrogen) atoms. The van der Waals surface area contributed by atoms with E-state index in [1.807, 2.05) is 12.1 Å². The second-order valence-corrected chi connectivity index (χ2v) is 12.7. The normalized spacial score (nSPS) is 30.3. The minimum absolute atomic E-state index is 0.0323. The monoisotopic (exact) mass is 511 g/mol. The van der Waals surface area contributed by atoms with Gasteiger partial charge in [0.15, 0.2) is 0 Å². The van der Waals surface area contributed by atoms with Gasteiger partial charge in [0, 0.05) is 12.0 Å². The lowest BCUT2D eigenvalue weighted by molar-refractivity contribution is -0.0450. The molecule has 1 amide bonds. The molecule has 0 bridgehead atoms. The van der Waals surface area contributed by atoms with Crippen molar-refractivity contribution < 1.29 is 14.6 Å². The summed E-state index contributed by atoms with van der Waals surface area (Å²) in [5.74, 6) is 2.89. The molecule has 4 rings (SSSR count). The van der Waals surface area contributed by atoms with E-state index >= 15 is 0 Å². The zero-order chi connectivity index (χ0) is 26.3. The highest BCUT2D eigenvalue weighted by Gasteiger charge is 2.58. The molecular weight excluding hydrogens is 458 g/mol. The van der Waals surface area contributed by atoms with Crippen LogP contribution >= 0.6 is 0 Å². The van der Waals surface area contributed by atoms with E-state index in [1.54, 1.807) is 0 Å². The smallest absolute Gasteiger partial charge is 0.407 e. The molecule has 2 saturated carbocycles. The average molecular weight is 512 g/mol. The number of benzene rings is 1. The Kier molecular flexibility index (Phi) is 10.2. The Morgan fingerprint density at radius 2 is 1.70 bits per heavy atom. The Hall–Kier alpha value is -1.71. The first-order valence-electron chi connectivity index (χ1n) is 15.7. The summed E-state index contributed by atoms with van der Waals surface area (Å²) < 4.78 is 6.13. The second-order valence-electron chi connectivity index (χ2n) is 12.7. The first kappa shape index (κ1) is 28.3. The van der Waals surface area contributed by atoms with E-state index in [-0.39, 0.29) is 17.6 Å². The summed E-state index contributed by atoms with van der Waals surface area (Å²) in [5, 5.41) is 13.1. The first-order valence-corrected chi connectivity index (χ1v) is 15.7. The summed E-state index contributed by atoms with van der Waals surface area (Å²) in [6.45, 7) is 7.73. The van der Waals surface area contributed by atoms with Crippen molar-refractivity contribution in [1.82, 2.24) is 5.32 Å². The van der Waals surface area contributed by atoms with Gasteiger partial charge in [0.1, 0.15) is 11.9 Å². The van der Waals surface area contributed by atoms with Gasteiger partial charge in [-0.15, -0.1) is 0 Å². The number of carbonyl (C=O) groups excluding carboxylic acids is 1. The summed E-state index contributed by atoms with van der Waals surface area (Å²) in [5.41, 5.74) is 2.90. The number of rotatable bonds is 13. The third kappa shape index (κ3) is 6.66. The Balaban J connectivity index is 1.22. The molecule has 2 fully saturated rings. The number of phenolic OH excluding ortho intramolecular Hbond substituents is 1. The summed E-state index contributed by atoms with van der Waals surface area (Å²) in [6, 6.07) is 6.05. The Labute approximate surface area is 226 Å². The van der Waals surface area contributed by atoms with Crippen LogP contribution in [0.2, 0.25) is 0 Å². The minimum atomic E-state index is -0.207. The van der Waals surface area contributed by atoms with Gasteiger partial charge in [-0.2, -0.15) is 0 Å². The molecule has 0 aliphatic heterocycles. The molecule has 4 heteroatoms. The van der Waals surface area contributed by atoms with Crippen LogP contribution in [0.4, 0.5) is 4.79 Å². The predicted molar refractivity (Wildman–Crippen MR) is 152 cm³/mol. The lowest BCUT2D eigenvalue weighted by atomic mass is 9.52. The Morgan fingerprint density at radius 3 is 2.41 bits per heavy atom. The van der Waals surface area contributed by atoms with E-state index in [9.17, 15) is 9.90 Å². The van der Waals surface area contributed by atoms with Gasteiger partial charge in [0.2, 0.25) is 0 Å². The van der Waals surface area contributed by atoms with Crippen LogP contribution in [0.1, 0.15) is 134 Å². The standard InChI is InChI=1S/C33H53NO3/c1-4-6-7-8-9-10-11-12-13-14-21-34-32(36)37-30-18-17-29-31-24(5-2)22-25-23-26(35)15-16-27(25)28(31)19-20-33(29,30)3/h15-16,23-24,28-31,35H,4-14,17-22H2,1-3H3,(H,34,36)/t24-,28?,29?,30+,31?,33+/m1/s1. The molecule has 2 N–H and O–H groups in total. The Morgan fingerprint density at radius 1 is 1.00 bits per heavy atom. The number of hydrogen-bond donors (Lipinski definition) is 2. The summed E-state index contributed by atoms with van der Waals surface area (Å²) in [4.78, 5) is 12.7. The Bertz CT molecular complexity index is 869. The number of nitrogens with one attached hydrogen (secondary N) is 1. The zero-order valence-electron chi connectivity index (χ0n) is 23.9. The van der Waals surface area contributed by atoms with Gasteiger partial charge >= 0.3 is 6.09 Å². The number of hydrogen-bond acceptors (Lipinski definition) is 3. The summed E-state index contributed by atoms with van der Waals surface area (Å²) >= 11 is 0. The van der Waals surface area contributed by atoms with E-state index in [2.05, 4.69) is 32.2 Å². The van der Waals surface area contributed by atoms with E-state index in [0.717, 1.165) is 45.1 Å². The second kappa shape index (κ2) is 13.4. The number of alkyl carbamates (subject to hydrolysis) is 1. The highest BCUT2D eigenvalue weighted by atomic mass is 16.6. The van der Waals surface area contributed by atoms with Gasteiger partial charge in [-0.3, -0.25) is 0 Å². The summed E-state index contributed by atoms with van der Waals surface area (Å²) in [6.07, 6.45) is 19.6. The summed E-state index contributed by atoms with van der Waals surface area (Å²) in [7, 11) is 0. The molecule has 0 aromatic heterocycles. The first-order chi connectivity index (χ1) is 18.0. The average Bonchev–Trinajstić information content (AvgIpc) is 3.22. The van der Waals surface area contributed by atoms with Crippen LogP contribution in [-0.4, -0.2) is 23.8 Å². The van der Waals surface area contributed by atoms with Gasteiger partial charge in [0.05, 0.1) is 0 Å². The fraction of sp³-hybridized carbons (Fsp3) is 0.788. The molecule has 208 valence electrons. The molecule has 0 saturated heterocycles. The number of aromatic hydroxyl groups is 1. The predicted octanol–water partition coefficient (Wildman–Crippen LogP) is 8.90. The highest BCUT2D eigenvalue weighted by Crippen LogP contribution is 2.63. The molecule has 3 aliphatic carbocycles. The van der Waals surface area contributed by atoms with Crippen molar-refractivity contribution in [3.8, 4) is 5.75 Å². The molecule has 0 spiro atoms. The van der Waals surface area contributed by atoms with Crippen molar-refractivity contribution in [2.24, 2.45) is 23.2 Å². The number of amides is 1. The number of carbonyl (C=O) groups is 1. The maximum absolute atomic E-state index is 12.7. The fourth-order valence-corrected chi connectivity index (χ4v) is 8.30. The minimum Gasteiger partial charge on any atom is -0.508 e. The van der Waals surface area contributed by atoms with Crippen LogP contribution in [0.5, 0.6) is 5.75 Å². The molecule has 6 atom stereocenters. The van der Waals surface area contributed by atoms with Gasteiger partial charge in [0.25, 0.3) is 0 Å². The lowest BCUT2D eigenvalue weighted by Gasteiger charge is -2.53.